The van der Waals surface area contributed by atoms with Crippen LogP contribution in [0.25, 0.3) is 0 Å². The molecule has 0 saturated carbocycles. The van der Waals surface area contributed by atoms with E-state index < -0.39 is 0 Å². The zero-order chi connectivity index (χ0) is 12.3. The largest absolute Gasteiger partial charge is 0.312 e. The van der Waals surface area contributed by atoms with Gasteiger partial charge in [-0.05, 0) is 30.5 Å². The summed E-state index contributed by atoms with van der Waals surface area (Å²) in [5.74, 6) is -0.253. The van der Waals surface area contributed by atoms with E-state index >= 15 is 0 Å². The summed E-state index contributed by atoms with van der Waals surface area (Å²) in [5.41, 5.74) is 1.81. The Morgan fingerprint density at radius 1 is 1.47 bits per heavy atom. The first-order chi connectivity index (χ1) is 8.20. The van der Waals surface area contributed by atoms with Crippen molar-refractivity contribution in [3.63, 3.8) is 0 Å². The van der Waals surface area contributed by atoms with Crippen molar-refractivity contribution in [2.45, 2.75) is 6.92 Å². The van der Waals surface area contributed by atoms with Crippen LogP contribution in [-0.2, 0) is 0 Å². The second-order valence-electron chi connectivity index (χ2n) is 3.42. The molecule has 0 atom stereocenters. The Morgan fingerprint density at radius 3 is 2.94 bits per heavy atom. The highest BCUT2D eigenvalue weighted by atomic mass is 32.1. The van der Waals surface area contributed by atoms with Gasteiger partial charge in [0.05, 0.1) is 11.1 Å². The lowest BCUT2D eigenvalue weighted by Gasteiger charge is -2.02. The lowest BCUT2D eigenvalue weighted by atomic mass is 10.2. The molecule has 0 bridgehead atoms. The van der Waals surface area contributed by atoms with Gasteiger partial charge in [0, 0.05) is 11.9 Å². The number of amides is 1. The number of pyridine rings is 1. The van der Waals surface area contributed by atoms with Gasteiger partial charge in [0.25, 0.3) is 5.91 Å². The molecule has 0 aliphatic heterocycles. The summed E-state index contributed by atoms with van der Waals surface area (Å²) in [4.78, 5) is 15.9. The molecule has 0 aliphatic carbocycles. The molecule has 0 unspecified atom stereocenters. The Hall–Kier alpha value is -2.19. The number of anilines is 1. The minimum Gasteiger partial charge on any atom is -0.312 e. The first kappa shape index (κ1) is 11.3. The number of nitrogens with one attached hydrogen (secondary N) is 1. The molecule has 0 fully saturated rings. The Labute approximate surface area is 103 Å². The molecule has 0 spiro atoms. The third-order valence-electron chi connectivity index (χ3n) is 2.19. The molecule has 5 heteroatoms. The van der Waals surface area contributed by atoms with E-state index in [1.54, 1.807) is 23.6 Å². The van der Waals surface area contributed by atoms with Crippen molar-refractivity contribution >= 4 is 22.2 Å². The number of hydrogen-bond acceptors (Lipinski definition) is 4. The molecular formula is C12H9N3OS. The quantitative estimate of drug-likeness (QED) is 0.881. The topological polar surface area (TPSA) is 65.8 Å². The number of hydrogen-bond donors (Lipinski definition) is 1. The van der Waals surface area contributed by atoms with Gasteiger partial charge in [-0.15, -0.1) is 11.3 Å². The van der Waals surface area contributed by atoms with Gasteiger partial charge >= 0.3 is 0 Å². The van der Waals surface area contributed by atoms with E-state index in [0.29, 0.717) is 16.1 Å². The highest BCUT2D eigenvalue weighted by Gasteiger charge is 2.10. The molecule has 0 aromatic carbocycles. The molecule has 17 heavy (non-hydrogen) atoms. The Bertz CT molecular complexity index is 581. The van der Waals surface area contributed by atoms with Crippen LogP contribution >= 0.6 is 11.3 Å². The number of carbonyl (C=O) groups excluding carboxylic acids is 1. The molecule has 2 heterocycles. The zero-order valence-corrected chi connectivity index (χ0v) is 9.91. The minimum atomic E-state index is -0.253. The third kappa shape index (κ3) is 2.49. The molecule has 2 rings (SSSR count). The fourth-order valence-corrected chi connectivity index (χ4v) is 2.00. The lowest BCUT2D eigenvalue weighted by molar-refractivity contribution is 0.102. The van der Waals surface area contributed by atoms with Crippen LogP contribution in [0.5, 0.6) is 0 Å². The van der Waals surface area contributed by atoms with E-state index in [-0.39, 0.29) is 5.91 Å². The maximum Gasteiger partial charge on any atom is 0.257 e. The average Bonchev–Trinajstić information content (AvgIpc) is 2.77. The van der Waals surface area contributed by atoms with Crippen molar-refractivity contribution in [1.82, 2.24) is 4.98 Å². The van der Waals surface area contributed by atoms with Gasteiger partial charge in [0.15, 0.2) is 0 Å². The normalized spacial score (nSPS) is 9.65. The second kappa shape index (κ2) is 4.76. The number of carbonyl (C=O) groups is 1. The van der Waals surface area contributed by atoms with Gasteiger partial charge in [0.2, 0.25) is 0 Å². The average molecular weight is 243 g/mol. The molecule has 0 saturated heterocycles. The van der Waals surface area contributed by atoms with Crippen LogP contribution in [0.15, 0.2) is 29.8 Å². The SMILES string of the molecule is Cc1ccc(C(=O)Nc2sccc2C#N)cn1. The molecule has 0 radical (unpaired) electrons. The van der Waals surface area contributed by atoms with E-state index in [1.807, 2.05) is 13.0 Å². The van der Waals surface area contributed by atoms with Crippen LogP contribution in [0.3, 0.4) is 0 Å². The van der Waals surface area contributed by atoms with Gasteiger partial charge in [-0.1, -0.05) is 0 Å². The molecule has 2 aromatic heterocycles. The van der Waals surface area contributed by atoms with Crippen LogP contribution in [0.4, 0.5) is 5.00 Å². The molecular weight excluding hydrogens is 234 g/mol. The Balaban J connectivity index is 2.18. The number of rotatable bonds is 2. The smallest absolute Gasteiger partial charge is 0.257 e. The zero-order valence-electron chi connectivity index (χ0n) is 9.10. The predicted molar refractivity (Wildman–Crippen MR) is 66.0 cm³/mol. The van der Waals surface area contributed by atoms with Crippen LogP contribution < -0.4 is 5.32 Å². The third-order valence-corrected chi connectivity index (χ3v) is 3.02. The molecule has 1 N–H and O–H groups in total. The number of nitriles is 1. The van der Waals surface area contributed by atoms with Crippen LogP contribution in [-0.4, -0.2) is 10.9 Å². The van der Waals surface area contributed by atoms with Crippen molar-refractivity contribution < 1.29 is 4.79 Å². The monoisotopic (exact) mass is 243 g/mol. The van der Waals surface area contributed by atoms with Gasteiger partial charge in [-0.2, -0.15) is 5.26 Å². The van der Waals surface area contributed by atoms with Crippen molar-refractivity contribution in [1.29, 1.82) is 5.26 Å². The fraction of sp³-hybridized carbons (Fsp3) is 0.0833. The van der Waals surface area contributed by atoms with E-state index in [1.165, 1.54) is 17.5 Å². The minimum absolute atomic E-state index is 0.253. The summed E-state index contributed by atoms with van der Waals surface area (Å²) in [6.45, 7) is 1.86. The van der Waals surface area contributed by atoms with Gasteiger partial charge in [-0.25, -0.2) is 0 Å². The standard InChI is InChI=1S/C12H9N3OS/c1-8-2-3-10(7-14-8)11(16)15-12-9(6-13)4-5-17-12/h2-5,7H,1H3,(H,15,16). The Morgan fingerprint density at radius 2 is 2.29 bits per heavy atom. The maximum atomic E-state index is 11.8. The number of aromatic nitrogens is 1. The molecule has 1 amide bonds. The molecule has 84 valence electrons. The maximum absolute atomic E-state index is 11.8. The van der Waals surface area contributed by atoms with Crippen molar-refractivity contribution in [2.75, 3.05) is 5.32 Å². The van der Waals surface area contributed by atoms with Crippen LogP contribution in [0.1, 0.15) is 21.6 Å². The second-order valence-corrected chi connectivity index (χ2v) is 4.33. The first-order valence-corrected chi connectivity index (χ1v) is 5.80. The highest BCUT2D eigenvalue weighted by Crippen LogP contribution is 2.22. The summed E-state index contributed by atoms with van der Waals surface area (Å²) < 4.78 is 0. The molecule has 0 aliphatic rings. The highest BCUT2D eigenvalue weighted by molar-refractivity contribution is 7.14. The van der Waals surface area contributed by atoms with Gasteiger partial charge in [-0.3, -0.25) is 9.78 Å². The van der Waals surface area contributed by atoms with Crippen molar-refractivity contribution in [3.05, 3.63) is 46.6 Å². The van der Waals surface area contributed by atoms with Gasteiger partial charge in [0.1, 0.15) is 11.1 Å². The van der Waals surface area contributed by atoms with E-state index in [0.717, 1.165) is 5.69 Å². The first-order valence-electron chi connectivity index (χ1n) is 4.92. The lowest BCUT2D eigenvalue weighted by Crippen LogP contribution is -2.11. The van der Waals surface area contributed by atoms with Gasteiger partial charge < -0.3 is 5.32 Å². The summed E-state index contributed by atoms with van der Waals surface area (Å²) in [7, 11) is 0. The number of aryl methyl sites for hydroxylation is 1. The predicted octanol–water partition coefficient (Wildman–Crippen LogP) is 2.58. The van der Waals surface area contributed by atoms with E-state index in [2.05, 4.69) is 10.3 Å². The summed E-state index contributed by atoms with van der Waals surface area (Å²) >= 11 is 1.33. The van der Waals surface area contributed by atoms with Crippen LogP contribution in [0.2, 0.25) is 0 Å². The number of nitrogens with zero attached hydrogens (tertiary/aromatic N) is 2. The number of thiophene rings is 1. The molecule has 2 aromatic rings. The summed E-state index contributed by atoms with van der Waals surface area (Å²) in [6, 6.07) is 7.17. The fourth-order valence-electron chi connectivity index (χ4n) is 1.27. The van der Waals surface area contributed by atoms with E-state index in [9.17, 15) is 4.79 Å². The van der Waals surface area contributed by atoms with Crippen LogP contribution in [0, 0.1) is 18.3 Å². The Kier molecular flexibility index (Phi) is 3.17. The summed E-state index contributed by atoms with van der Waals surface area (Å²) in [5, 5.41) is 13.8. The van der Waals surface area contributed by atoms with Crippen molar-refractivity contribution in [3.8, 4) is 6.07 Å². The summed E-state index contributed by atoms with van der Waals surface area (Å²) in [6.07, 6.45) is 1.52. The van der Waals surface area contributed by atoms with Crippen molar-refractivity contribution in [2.24, 2.45) is 0 Å². The molecule has 4 nitrogen and oxygen atoms in total. The van der Waals surface area contributed by atoms with E-state index in [4.69, 9.17) is 5.26 Å².